The third kappa shape index (κ3) is 3.16. The van der Waals surface area contributed by atoms with E-state index in [0.29, 0.717) is 11.3 Å². The van der Waals surface area contributed by atoms with E-state index in [0.717, 1.165) is 33.8 Å². The molecular weight excluding hydrogens is 376 g/mol. The van der Waals surface area contributed by atoms with Crippen LogP contribution >= 0.6 is 0 Å². The van der Waals surface area contributed by atoms with Gasteiger partial charge in [0.05, 0.1) is 18.9 Å². The predicted octanol–water partition coefficient (Wildman–Crippen LogP) is 3.55. The Morgan fingerprint density at radius 3 is 2.76 bits per heavy atom. The van der Waals surface area contributed by atoms with Gasteiger partial charge in [0, 0.05) is 59.3 Å². The SMILES string of the molecule is Cn1cc(-c2cnc3[nH]cc(-c4cn(Cc5ccc(F)cc5F)nn4)c3c2)cn1. The maximum atomic E-state index is 13.9. The maximum absolute atomic E-state index is 13.9. The number of aromatic amines is 1. The molecule has 0 amide bonds. The minimum Gasteiger partial charge on any atom is -0.345 e. The van der Waals surface area contributed by atoms with Gasteiger partial charge in [-0.15, -0.1) is 5.10 Å². The van der Waals surface area contributed by atoms with Crippen molar-refractivity contribution in [3.8, 4) is 22.4 Å². The molecule has 4 heterocycles. The number of fused-ring (bicyclic) bond motifs is 1. The molecule has 0 bridgehead atoms. The number of pyridine rings is 1. The van der Waals surface area contributed by atoms with Crippen molar-refractivity contribution in [2.24, 2.45) is 7.05 Å². The number of aryl methyl sites for hydroxylation is 1. The quantitative estimate of drug-likeness (QED) is 0.508. The first kappa shape index (κ1) is 17.2. The van der Waals surface area contributed by atoms with E-state index in [9.17, 15) is 8.78 Å². The number of hydrogen-bond acceptors (Lipinski definition) is 4. The van der Waals surface area contributed by atoms with Gasteiger partial charge in [-0.25, -0.2) is 18.4 Å². The number of nitrogens with zero attached hydrogens (tertiary/aromatic N) is 6. The Labute approximate surface area is 163 Å². The van der Waals surface area contributed by atoms with Crippen LogP contribution in [0.25, 0.3) is 33.4 Å². The lowest BCUT2D eigenvalue weighted by Gasteiger charge is -2.02. The highest BCUT2D eigenvalue weighted by atomic mass is 19.1. The van der Waals surface area contributed by atoms with Gasteiger partial charge >= 0.3 is 0 Å². The Kier molecular flexibility index (Phi) is 3.94. The van der Waals surface area contributed by atoms with Crippen molar-refractivity contribution in [3.05, 3.63) is 72.4 Å². The minimum atomic E-state index is -0.612. The van der Waals surface area contributed by atoms with Crippen LogP contribution in [0.1, 0.15) is 5.56 Å². The zero-order valence-electron chi connectivity index (χ0n) is 15.3. The van der Waals surface area contributed by atoms with Gasteiger partial charge in [-0.05, 0) is 12.1 Å². The first-order valence-electron chi connectivity index (χ1n) is 8.87. The highest BCUT2D eigenvalue weighted by Crippen LogP contribution is 2.29. The molecule has 0 atom stereocenters. The van der Waals surface area contributed by atoms with E-state index < -0.39 is 11.6 Å². The van der Waals surface area contributed by atoms with Crippen LogP contribution in [-0.4, -0.2) is 34.7 Å². The summed E-state index contributed by atoms with van der Waals surface area (Å²) in [4.78, 5) is 7.61. The van der Waals surface area contributed by atoms with Gasteiger partial charge in [0.15, 0.2) is 0 Å². The van der Waals surface area contributed by atoms with E-state index in [1.807, 2.05) is 25.5 Å². The maximum Gasteiger partial charge on any atom is 0.137 e. The van der Waals surface area contributed by atoms with Crippen LogP contribution in [0.4, 0.5) is 8.78 Å². The van der Waals surface area contributed by atoms with Gasteiger partial charge in [0.25, 0.3) is 0 Å². The topological polar surface area (TPSA) is 77.2 Å². The normalized spacial score (nSPS) is 11.4. The first-order valence-corrected chi connectivity index (χ1v) is 8.87. The largest absolute Gasteiger partial charge is 0.345 e. The summed E-state index contributed by atoms with van der Waals surface area (Å²) in [7, 11) is 1.86. The molecule has 1 aromatic carbocycles. The van der Waals surface area contributed by atoms with Gasteiger partial charge < -0.3 is 4.98 Å². The van der Waals surface area contributed by atoms with Crippen molar-refractivity contribution in [1.82, 2.24) is 34.7 Å². The van der Waals surface area contributed by atoms with Gasteiger partial charge in [-0.3, -0.25) is 4.68 Å². The minimum absolute atomic E-state index is 0.153. The van der Waals surface area contributed by atoms with Crippen molar-refractivity contribution >= 4 is 11.0 Å². The van der Waals surface area contributed by atoms with Crippen LogP contribution in [0, 0.1) is 11.6 Å². The van der Waals surface area contributed by atoms with E-state index in [1.54, 1.807) is 23.3 Å². The number of rotatable bonds is 4. The molecule has 29 heavy (non-hydrogen) atoms. The summed E-state index contributed by atoms with van der Waals surface area (Å²) in [6.07, 6.45) is 9.03. The average Bonchev–Trinajstić information content (AvgIpc) is 3.42. The van der Waals surface area contributed by atoms with Gasteiger partial charge in [0.2, 0.25) is 0 Å². The van der Waals surface area contributed by atoms with Crippen molar-refractivity contribution in [2.45, 2.75) is 6.54 Å². The second-order valence-electron chi connectivity index (χ2n) is 6.76. The van der Waals surface area contributed by atoms with Gasteiger partial charge in [0.1, 0.15) is 23.0 Å². The molecular formula is C20H15F2N7. The van der Waals surface area contributed by atoms with Crippen LogP contribution < -0.4 is 0 Å². The number of hydrogen-bond donors (Lipinski definition) is 1. The van der Waals surface area contributed by atoms with Crippen molar-refractivity contribution in [1.29, 1.82) is 0 Å². The lowest BCUT2D eigenvalue weighted by atomic mass is 10.1. The van der Waals surface area contributed by atoms with Gasteiger partial charge in [-0.1, -0.05) is 11.3 Å². The zero-order valence-corrected chi connectivity index (χ0v) is 15.3. The van der Waals surface area contributed by atoms with E-state index >= 15 is 0 Å². The van der Waals surface area contributed by atoms with Crippen molar-refractivity contribution < 1.29 is 8.78 Å². The average molecular weight is 391 g/mol. The fourth-order valence-electron chi connectivity index (χ4n) is 3.27. The zero-order chi connectivity index (χ0) is 20.0. The van der Waals surface area contributed by atoms with E-state index in [4.69, 9.17) is 0 Å². The summed E-state index contributed by atoms with van der Waals surface area (Å²) in [5.41, 5.74) is 4.43. The number of benzene rings is 1. The fraction of sp³-hybridized carbons (Fsp3) is 0.100. The molecule has 5 rings (SSSR count). The molecule has 144 valence electrons. The molecule has 4 aromatic heterocycles. The lowest BCUT2D eigenvalue weighted by Crippen LogP contribution is -2.03. The van der Waals surface area contributed by atoms with Crippen LogP contribution in [0.5, 0.6) is 0 Å². The standard InChI is InChI=1S/C20H15F2N7/c1-28-9-14(7-25-28)13-4-16-17(8-24-20(16)23-6-13)19-11-29(27-26-19)10-12-2-3-15(21)5-18(12)22/h2-9,11H,10H2,1H3,(H,23,24). The molecule has 0 saturated carbocycles. The molecule has 0 spiro atoms. The number of halogens is 2. The number of H-pyrrole nitrogens is 1. The Hall–Kier alpha value is -3.88. The third-order valence-electron chi connectivity index (χ3n) is 4.73. The van der Waals surface area contributed by atoms with Crippen LogP contribution in [-0.2, 0) is 13.6 Å². The van der Waals surface area contributed by atoms with Gasteiger partial charge in [-0.2, -0.15) is 5.10 Å². The molecule has 1 N–H and O–H groups in total. The molecule has 0 aliphatic carbocycles. The van der Waals surface area contributed by atoms with Crippen molar-refractivity contribution in [2.75, 3.05) is 0 Å². The smallest absolute Gasteiger partial charge is 0.137 e. The summed E-state index contributed by atoms with van der Waals surface area (Å²) in [6, 6.07) is 5.51. The predicted molar refractivity (Wildman–Crippen MR) is 103 cm³/mol. The first-order chi connectivity index (χ1) is 14.1. The Morgan fingerprint density at radius 1 is 1.07 bits per heavy atom. The Bertz CT molecular complexity index is 1330. The lowest BCUT2D eigenvalue weighted by molar-refractivity contribution is 0.554. The molecule has 7 nitrogen and oxygen atoms in total. The van der Waals surface area contributed by atoms with E-state index in [2.05, 4.69) is 25.4 Å². The van der Waals surface area contributed by atoms with Crippen LogP contribution in [0.3, 0.4) is 0 Å². The van der Waals surface area contributed by atoms with Crippen LogP contribution in [0.2, 0.25) is 0 Å². The highest BCUT2D eigenvalue weighted by molar-refractivity contribution is 5.94. The molecule has 9 heteroatoms. The van der Waals surface area contributed by atoms with Crippen molar-refractivity contribution in [3.63, 3.8) is 0 Å². The monoisotopic (exact) mass is 391 g/mol. The number of aromatic nitrogens is 7. The number of nitrogens with one attached hydrogen (secondary N) is 1. The third-order valence-corrected chi connectivity index (χ3v) is 4.73. The fourth-order valence-corrected chi connectivity index (χ4v) is 3.27. The van der Waals surface area contributed by atoms with E-state index in [1.165, 1.54) is 16.8 Å². The molecule has 5 aromatic rings. The summed E-state index contributed by atoms with van der Waals surface area (Å²) in [5, 5.41) is 13.4. The molecule has 0 aliphatic heterocycles. The summed E-state index contributed by atoms with van der Waals surface area (Å²) < 4.78 is 30.3. The molecule has 0 saturated heterocycles. The summed E-state index contributed by atoms with van der Waals surface area (Å²) in [6.45, 7) is 0.153. The van der Waals surface area contributed by atoms with E-state index in [-0.39, 0.29) is 6.54 Å². The molecule has 0 fully saturated rings. The molecule has 0 unspecified atom stereocenters. The highest BCUT2D eigenvalue weighted by Gasteiger charge is 2.13. The second-order valence-corrected chi connectivity index (χ2v) is 6.76. The Balaban J connectivity index is 1.49. The molecule has 0 aliphatic rings. The summed E-state index contributed by atoms with van der Waals surface area (Å²) >= 11 is 0. The summed E-state index contributed by atoms with van der Waals surface area (Å²) in [5.74, 6) is -1.22. The Morgan fingerprint density at radius 2 is 1.97 bits per heavy atom. The van der Waals surface area contributed by atoms with Crippen LogP contribution in [0.15, 0.2) is 55.2 Å². The molecule has 0 radical (unpaired) electrons. The second kappa shape index (κ2) is 6.62.